The quantitative estimate of drug-likeness (QED) is 0.797. The van der Waals surface area contributed by atoms with Gasteiger partial charge >= 0.3 is 0 Å². The average molecular weight is 300 g/mol. The van der Waals surface area contributed by atoms with E-state index in [1.165, 1.54) is 37.1 Å². The second kappa shape index (κ2) is 6.82. The van der Waals surface area contributed by atoms with Crippen LogP contribution in [0.1, 0.15) is 32.6 Å². The van der Waals surface area contributed by atoms with Crippen LogP contribution in [0.15, 0.2) is 36.0 Å². The van der Waals surface area contributed by atoms with Crippen molar-refractivity contribution in [3.05, 3.63) is 36.0 Å². The van der Waals surface area contributed by atoms with E-state index in [9.17, 15) is 4.79 Å². The number of piperidine rings is 3. The van der Waals surface area contributed by atoms with E-state index in [0.29, 0.717) is 11.8 Å². The van der Waals surface area contributed by atoms with Crippen LogP contribution in [0.5, 0.6) is 0 Å². The van der Waals surface area contributed by atoms with E-state index in [0.717, 1.165) is 38.4 Å². The van der Waals surface area contributed by atoms with Crippen LogP contribution in [0.4, 0.5) is 0 Å². The van der Waals surface area contributed by atoms with E-state index in [4.69, 9.17) is 0 Å². The van der Waals surface area contributed by atoms with Crippen LogP contribution >= 0.6 is 0 Å². The predicted molar refractivity (Wildman–Crippen MR) is 90.5 cm³/mol. The maximum Gasteiger partial charge on any atom is 0.223 e. The fourth-order valence-electron chi connectivity index (χ4n) is 4.28. The highest BCUT2D eigenvalue weighted by molar-refractivity contribution is 5.77. The van der Waals surface area contributed by atoms with E-state index in [-0.39, 0.29) is 0 Å². The van der Waals surface area contributed by atoms with Gasteiger partial charge in [-0.3, -0.25) is 4.79 Å². The van der Waals surface area contributed by atoms with Crippen LogP contribution in [0, 0.1) is 11.8 Å². The lowest BCUT2D eigenvalue weighted by atomic mass is 9.77. The van der Waals surface area contributed by atoms with Crippen LogP contribution in [0.3, 0.4) is 0 Å². The van der Waals surface area contributed by atoms with E-state index >= 15 is 0 Å². The molecule has 1 amide bonds. The van der Waals surface area contributed by atoms with Crippen molar-refractivity contribution in [3.8, 4) is 0 Å². The number of carbonyl (C=O) groups is 1. The van der Waals surface area contributed by atoms with Gasteiger partial charge in [0.05, 0.1) is 0 Å². The summed E-state index contributed by atoms with van der Waals surface area (Å²) >= 11 is 0. The van der Waals surface area contributed by atoms with Crippen molar-refractivity contribution >= 4 is 5.91 Å². The molecular formula is C19H28N2O. The minimum Gasteiger partial charge on any atom is -0.338 e. The predicted octanol–water partition coefficient (Wildman–Crippen LogP) is 3.01. The van der Waals surface area contributed by atoms with Crippen molar-refractivity contribution in [2.24, 2.45) is 11.8 Å². The van der Waals surface area contributed by atoms with Gasteiger partial charge in [0.15, 0.2) is 0 Å². The van der Waals surface area contributed by atoms with Gasteiger partial charge in [0.25, 0.3) is 0 Å². The fourth-order valence-corrected chi connectivity index (χ4v) is 4.28. The minimum absolute atomic E-state index is 0.351. The van der Waals surface area contributed by atoms with E-state index < -0.39 is 0 Å². The number of amides is 1. The molecule has 4 heterocycles. The van der Waals surface area contributed by atoms with Crippen LogP contribution in [-0.4, -0.2) is 48.4 Å². The van der Waals surface area contributed by atoms with Crippen molar-refractivity contribution in [2.45, 2.75) is 32.6 Å². The van der Waals surface area contributed by atoms with Gasteiger partial charge in [0, 0.05) is 26.1 Å². The lowest BCUT2D eigenvalue weighted by Gasteiger charge is -2.45. The monoisotopic (exact) mass is 300 g/mol. The fraction of sp³-hybridized carbons (Fsp3) is 0.632. The molecule has 3 heteroatoms. The number of carbonyl (C=O) groups excluding carboxylic acids is 1. The third kappa shape index (κ3) is 3.19. The Morgan fingerprint density at radius 1 is 1.27 bits per heavy atom. The molecule has 0 aromatic carbocycles. The Kier molecular flexibility index (Phi) is 4.82. The highest BCUT2D eigenvalue weighted by Crippen LogP contribution is 2.34. The van der Waals surface area contributed by atoms with Gasteiger partial charge in [0.2, 0.25) is 5.91 Å². The second-order valence-corrected chi connectivity index (χ2v) is 6.92. The lowest BCUT2D eigenvalue weighted by Crippen LogP contribution is -2.49. The largest absolute Gasteiger partial charge is 0.338 e. The molecule has 0 N–H and O–H groups in total. The number of hydrogen-bond acceptors (Lipinski definition) is 2. The summed E-state index contributed by atoms with van der Waals surface area (Å²) in [6, 6.07) is 0. The van der Waals surface area contributed by atoms with Gasteiger partial charge in [-0.1, -0.05) is 24.8 Å². The molecule has 1 unspecified atom stereocenters. The normalized spacial score (nSPS) is 31.9. The molecule has 0 aliphatic carbocycles. The summed E-state index contributed by atoms with van der Waals surface area (Å²) in [5.41, 5.74) is 2.55. The molecule has 3 nitrogen and oxygen atoms in total. The van der Waals surface area contributed by atoms with Crippen molar-refractivity contribution in [1.82, 2.24) is 9.80 Å². The number of nitrogens with zero attached hydrogens (tertiary/aromatic N) is 2. The van der Waals surface area contributed by atoms with Crippen molar-refractivity contribution in [2.75, 3.05) is 32.7 Å². The Morgan fingerprint density at radius 2 is 2.05 bits per heavy atom. The van der Waals surface area contributed by atoms with Crippen molar-refractivity contribution < 1.29 is 4.79 Å². The SMILES string of the molecule is C=CC1=C(/C=C\C)CN(C(=O)CC2CN3CCC2CC3)CC1. The molecule has 4 aliphatic heterocycles. The maximum absolute atomic E-state index is 12.7. The summed E-state index contributed by atoms with van der Waals surface area (Å²) in [5, 5.41) is 0. The molecule has 0 aromatic heterocycles. The molecule has 3 saturated heterocycles. The zero-order chi connectivity index (χ0) is 15.5. The molecule has 0 spiro atoms. The molecule has 120 valence electrons. The summed E-state index contributed by atoms with van der Waals surface area (Å²) in [7, 11) is 0. The third-order valence-electron chi connectivity index (χ3n) is 5.62. The van der Waals surface area contributed by atoms with E-state index in [2.05, 4.69) is 28.5 Å². The molecule has 2 bridgehead atoms. The molecule has 1 atom stereocenters. The summed E-state index contributed by atoms with van der Waals surface area (Å²) in [5.74, 6) is 1.72. The summed E-state index contributed by atoms with van der Waals surface area (Å²) in [6.45, 7) is 11.2. The Labute approximate surface area is 134 Å². The Bertz CT molecular complexity index is 498. The third-order valence-corrected chi connectivity index (χ3v) is 5.62. The summed E-state index contributed by atoms with van der Waals surface area (Å²) < 4.78 is 0. The summed E-state index contributed by atoms with van der Waals surface area (Å²) in [6.07, 6.45) is 10.4. The smallest absolute Gasteiger partial charge is 0.223 e. The number of rotatable bonds is 4. The van der Waals surface area contributed by atoms with Gasteiger partial charge < -0.3 is 9.80 Å². The maximum atomic E-state index is 12.7. The first-order chi connectivity index (χ1) is 10.7. The van der Waals surface area contributed by atoms with E-state index in [1.807, 2.05) is 13.0 Å². The molecule has 0 radical (unpaired) electrons. The van der Waals surface area contributed by atoms with Crippen molar-refractivity contribution in [3.63, 3.8) is 0 Å². The minimum atomic E-state index is 0.351. The number of allylic oxidation sites excluding steroid dienone is 2. The van der Waals surface area contributed by atoms with Gasteiger partial charge in [-0.2, -0.15) is 0 Å². The summed E-state index contributed by atoms with van der Waals surface area (Å²) in [4.78, 5) is 17.3. The first-order valence-electron chi connectivity index (χ1n) is 8.68. The molecule has 4 rings (SSSR count). The zero-order valence-electron chi connectivity index (χ0n) is 13.8. The Hall–Kier alpha value is -1.35. The molecule has 0 aromatic rings. The van der Waals surface area contributed by atoms with Gasteiger partial charge in [0.1, 0.15) is 0 Å². The first kappa shape index (κ1) is 15.5. The lowest BCUT2D eigenvalue weighted by molar-refractivity contribution is -0.133. The highest BCUT2D eigenvalue weighted by atomic mass is 16.2. The Morgan fingerprint density at radius 3 is 2.64 bits per heavy atom. The standard InChI is InChI=1S/C19H28N2O/c1-3-5-17-14-21(11-8-15(17)4-2)19(22)12-18-13-20-9-6-16(18)7-10-20/h3-5,16,18H,2,6-14H2,1H3/b5-3-. The van der Waals surface area contributed by atoms with Gasteiger partial charge in [-0.15, -0.1) is 0 Å². The molecule has 22 heavy (non-hydrogen) atoms. The van der Waals surface area contributed by atoms with Crippen LogP contribution < -0.4 is 0 Å². The molecule has 3 fully saturated rings. The first-order valence-corrected chi connectivity index (χ1v) is 8.68. The Balaban J connectivity index is 1.61. The van der Waals surface area contributed by atoms with Gasteiger partial charge in [-0.05, 0) is 62.3 Å². The number of hydrogen-bond donors (Lipinski definition) is 0. The van der Waals surface area contributed by atoms with Crippen LogP contribution in [-0.2, 0) is 4.79 Å². The molecule has 0 saturated carbocycles. The highest BCUT2D eigenvalue weighted by Gasteiger charge is 2.36. The van der Waals surface area contributed by atoms with E-state index in [1.54, 1.807) is 0 Å². The molecular weight excluding hydrogens is 272 g/mol. The second-order valence-electron chi connectivity index (χ2n) is 6.92. The van der Waals surface area contributed by atoms with Crippen LogP contribution in [0.25, 0.3) is 0 Å². The van der Waals surface area contributed by atoms with Gasteiger partial charge in [-0.25, -0.2) is 0 Å². The zero-order valence-corrected chi connectivity index (χ0v) is 13.8. The molecule has 4 aliphatic rings. The number of fused-ring (bicyclic) bond motifs is 3. The van der Waals surface area contributed by atoms with Crippen molar-refractivity contribution in [1.29, 1.82) is 0 Å². The topological polar surface area (TPSA) is 23.6 Å². The average Bonchev–Trinajstić information content (AvgIpc) is 2.56. The van der Waals surface area contributed by atoms with Crippen LogP contribution in [0.2, 0.25) is 0 Å².